The highest BCUT2D eigenvalue weighted by atomic mass is 79.9. The molecule has 1 atom stereocenters. The molecule has 0 spiro atoms. The van der Waals surface area contributed by atoms with E-state index in [1.165, 1.54) is 0 Å². The molecule has 0 saturated carbocycles. The Labute approximate surface area is 206 Å². The van der Waals surface area contributed by atoms with E-state index in [4.69, 9.17) is 0 Å². The molecule has 0 heterocycles. The predicted molar refractivity (Wildman–Crippen MR) is 140 cm³/mol. The van der Waals surface area contributed by atoms with Crippen LogP contribution in [-0.2, 0) is 20.7 Å². The second-order valence-corrected chi connectivity index (χ2v) is 13.7. The summed E-state index contributed by atoms with van der Waals surface area (Å²) >= 11 is 3.46. The number of aryl methyl sites for hydroxylation is 1. The van der Waals surface area contributed by atoms with Gasteiger partial charge in [0.15, 0.2) is 9.84 Å². The Morgan fingerprint density at radius 2 is 1.21 bits per heavy atom. The Kier molecular flexibility index (Phi) is 6.89. The lowest BCUT2D eigenvalue weighted by molar-refractivity contribution is 0.422. The van der Waals surface area contributed by atoms with Gasteiger partial charge in [0, 0.05) is 4.47 Å². The predicted octanol–water partition coefficient (Wildman–Crippen LogP) is 7.62. The van der Waals surface area contributed by atoms with E-state index < -0.39 is 15.1 Å². The van der Waals surface area contributed by atoms with Gasteiger partial charge in [-0.2, -0.15) is 0 Å². The van der Waals surface area contributed by atoms with E-state index in [-0.39, 0.29) is 21.5 Å². The van der Waals surface area contributed by atoms with Crippen LogP contribution in [0.5, 0.6) is 5.75 Å². The Bertz CT molecular complexity index is 1210. The molecule has 0 saturated heterocycles. The quantitative estimate of drug-likeness (QED) is 0.378. The molecule has 0 aliphatic carbocycles. The fourth-order valence-corrected chi connectivity index (χ4v) is 6.07. The molecule has 0 aliphatic heterocycles. The molecular weight excluding hydrogens is 496 g/mol. The SMILES string of the molecule is Cc1ccc(S(=O)(=O)C(c2ccc(Br)cc2)c2cc(C(C)(C)C)c(O)c(C(C)(C)C)c2)cc1. The van der Waals surface area contributed by atoms with Gasteiger partial charge in [0.1, 0.15) is 11.0 Å². The molecule has 33 heavy (non-hydrogen) atoms. The number of hydrogen-bond acceptors (Lipinski definition) is 3. The third kappa shape index (κ3) is 5.36. The first-order chi connectivity index (χ1) is 15.1. The van der Waals surface area contributed by atoms with E-state index in [0.29, 0.717) is 11.1 Å². The largest absolute Gasteiger partial charge is 0.507 e. The summed E-state index contributed by atoms with van der Waals surface area (Å²) in [6.07, 6.45) is 0. The molecule has 0 fully saturated rings. The summed E-state index contributed by atoms with van der Waals surface area (Å²) in [6, 6.07) is 18.1. The minimum Gasteiger partial charge on any atom is -0.507 e. The van der Waals surface area contributed by atoms with Crippen molar-refractivity contribution in [1.82, 2.24) is 0 Å². The van der Waals surface area contributed by atoms with Gasteiger partial charge in [-0.15, -0.1) is 0 Å². The van der Waals surface area contributed by atoms with Gasteiger partial charge in [0.2, 0.25) is 0 Å². The number of halogens is 1. The zero-order chi connectivity index (χ0) is 24.8. The number of phenolic OH excluding ortho intramolecular Hbond substituents is 1. The van der Waals surface area contributed by atoms with Crippen LogP contribution < -0.4 is 0 Å². The number of rotatable bonds is 4. The van der Waals surface area contributed by atoms with Gasteiger partial charge in [-0.25, -0.2) is 8.42 Å². The standard InChI is InChI=1S/C28H33BrO3S/c1-18-8-14-22(15-9-18)33(31,32)26(19-10-12-21(29)13-11-19)20-16-23(27(2,3)4)25(30)24(17-20)28(5,6)7/h8-17,26,30H,1-7H3. The molecule has 3 aromatic carbocycles. The monoisotopic (exact) mass is 528 g/mol. The molecule has 1 N–H and O–H groups in total. The van der Waals surface area contributed by atoms with Crippen LogP contribution in [0.2, 0.25) is 0 Å². The first kappa shape index (κ1) is 25.5. The molecule has 0 radical (unpaired) electrons. The minimum atomic E-state index is -3.77. The molecule has 0 aromatic heterocycles. The van der Waals surface area contributed by atoms with Gasteiger partial charge in [0.05, 0.1) is 4.90 Å². The number of benzene rings is 3. The smallest absolute Gasteiger partial charge is 0.189 e. The van der Waals surface area contributed by atoms with Crippen molar-refractivity contribution in [3.8, 4) is 5.75 Å². The number of phenols is 1. The molecule has 5 heteroatoms. The van der Waals surface area contributed by atoms with Crippen molar-refractivity contribution >= 4 is 25.8 Å². The maximum absolute atomic E-state index is 14.1. The van der Waals surface area contributed by atoms with Crippen molar-refractivity contribution in [2.45, 2.75) is 69.4 Å². The van der Waals surface area contributed by atoms with Crippen LogP contribution in [0.4, 0.5) is 0 Å². The molecule has 3 rings (SSSR count). The van der Waals surface area contributed by atoms with Crippen LogP contribution >= 0.6 is 15.9 Å². The highest BCUT2D eigenvalue weighted by Crippen LogP contribution is 2.44. The summed E-state index contributed by atoms with van der Waals surface area (Å²) in [5.74, 6) is 0.237. The normalized spacial score (nSPS) is 13.7. The van der Waals surface area contributed by atoms with E-state index in [2.05, 4.69) is 15.9 Å². The Morgan fingerprint density at radius 1 is 0.758 bits per heavy atom. The van der Waals surface area contributed by atoms with Crippen molar-refractivity contribution in [3.05, 3.63) is 93.0 Å². The van der Waals surface area contributed by atoms with Crippen LogP contribution in [0.3, 0.4) is 0 Å². The van der Waals surface area contributed by atoms with E-state index in [9.17, 15) is 13.5 Å². The van der Waals surface area contributed by atoms with Crippen molar-refractivity contribution in [2.24, 2.45) is 0 Å². The molecule has 3 aromatic rings. The third-order valence-corrected chi connectivity index (χ3v) is 8.51. The van der Waals surface area contributed by atoms with E-state index >= 15 is 0 Å². The molecule has 0 bridgehead atoms. The Hall–Kier alpha value is -2.11. The molecule has 0 aliphatic rings. The summed E-state index contributed by atoms with van der Waals surface area (Å²) in [5, 5.41) is 10.3. The van der Waals surface area contributed by atoms with Crippen molar-refractivity contribution in [1.29, 1.82) is 0 Å². The maximum Gasteiger partial charge on any atom is 0.189 e. The van der Waals surface area contributed by atoms with Crippen LogP contribution in [0, 0.1) is 6.92 Å². The highest BCUT2D eigenvalue weighted by Gasteiger charge is 2.34. The summed E-state index contributed by atoms with van der Waals surface area (Å²) in [5.41, 5.74) is 3.10. The van der Waals surface area contributed by atoms with E-state index in [1.54, 1.807) is 12.1 Å². The van der Waals surface area contributed by atoms with Crippen LogP contribution in [0.25, 0.3) is 0 Å². The lowest BCUT2D eigenvalue weighted by Crippen LogP contribution is -2.21. The topological polar surface area (TPSA) is 54.4 Å². The summed E-state index contributed by atoms with van der Waals surface area (Å²) in [7, 11) is -3.77. The number of hydrogen-bond donors (Lipinski definition) is 1. The lowest BCUT2D eigenvalue weighted by atomic mass is 9.78. The first-order valence-electron chi connectivity index (χ1n) is 11.1. The zero-order valence-electron chi connectivity index (χ0n) is 20.4. The van der Waals surface area contributed by atoms with Gasteiger partial charge in [0.25, 0.3) is 0 Å². The zero-order valence-corrected chi connectivity index (χ0v) is 22.8. The van der Waals surface area contributed by atoms with Gasteiger partial charge < -0.3 is 5.11 Å². The molecule has 0 amide bonds. The third-order valence-electron chi connectivity index (χ3n) is 5.88. The maximum atomic E-state index is 14.1. The van der Waals surface area contributed by atoms with Crippen LogP contribution in [-0.4, -0.2) is 13.5 Å². The van der Waals surface area contributed by atoms with Crippen LogP contribution in [0.15, 0.2) is 70.0 Å². The van der Waals surface area contributed by atoms with Crippen molar-refractivity contribution < 1.29 is 13.5 Å². The van der Waals surface area contributed by atoms with Gasteiger partial charge in [-0.05, 0) is 76.4 Å². The van der Waals surface area contributed by atoms with Crippen LogP contribution in [0.1, 0.15) is 74.6 Å². The van der Waals surface area contributed by atoms with Gasteiger partial charge in [-0.3, -0.25) is 0 Å². The van der Waals surface area contributed by atoms with E-state index in [1.807, 2.05) is 97.0 Å². The number of sulfone groups is 1. The molecule has 1 unspecified atom stereocenters. The molecular formula is C28H33BrO3S. The Morgan fingerprint density at radius 3 is 1.64 bits per heavy atom. The highest BCUT2D eigenvalue weighted by molar-refractivity contribution is 9.10. The lowest BCUT2D eigenvalue weighted by Gasteiger charge is -2.30. The molecule has 176 valence electrons. The Balaban J connectivity index is 2.38. The number of aromatic hydroxyl groups is 1. The van der Waals surface area contributed by atoms with Crippen molar-refractivity contribution in [2.75, 3.05) is 0 Å². The molecule has 3 nitrogen and oxygen atoms in total. The van der Waals surface area contributed by atoms with E-state index in [0.717, 1.165) is 21.2 Å². The minimum absolute atomic E-state index is 0.237. The van der Waals surface area contributed by atoms with Gasteiger partial charge >= 0.3 is 0 Å². The summed E-state index contributed by atoms with van der Waals surface area (Å²) in [6.45, 7) is 14.1. The summed E-state index contributed by atoms with van der Waals surface area (Å²) in [4.78, 5) is 0.281. The first-order valence-corrected chi connectivity index (χ1v) is 13.4. The fourth-order valence-electron chi connectivity index (χ4n) is 4.00. The summed E-state index contributed by atoms with van der Waals surface area (Å²) < 4.78 is 29.0. The second-order valence-electron chi connectivity index (χ2n) is 10.8. The average molecular weight is 530 g/mol. The van der Waals surface area contributed by atoms with Crippen molar-refractivity contribution in [3.63, 3.8) is 0 Å². The average Bonchev–Trinajstić information content (AvgIpc) is 2.69. The second kappa shape index (κ2) is 8.92. The fraction of sp³-hybridized carbons (Fsp3) is 0.357. The van der Waals surface area contributed by atoms with Gasteiger partial charge in [-0.1, -0.05) is 87.3 Å².